The number of halogens is 4. The zero-order valence-corrected chi connectivity index (χ0v) is 18.3. The number of ketones is 1. The highest BCUT2D eigenvalue weighted by Crippen LogP contribution is 2.34. The lowest BCUT2D eigenvalue weighted by Crippen LogP contribution is -2.08. The van der Waals surface area contributed by atoms with E-state index in [1.807, 2.05) is 36.4 Å². The molecular weight excluding hydrogens is 503 g/mol. The van der Waals surface area contributed by atoms with Gasteiger partial charge >= 0.3 is 0 Å². The van der Waals surface area contributed by atoms with Crippen LogP contribution < -0.4 is 11.5 Å². The molecule has 0 fully saturated rings. The second-order valence-corrected chi connectivity index (χ2v) is 7.56. The van der Waals surface area contributed by atoms with Gasteiger partial charge in [0, 0.05) is 55.4 Å². The minimum atomic E-state index is -0.306. The third-order valence-corrected chi connectivity index (χ3v) is 5.64. The van der Waals surface area contributed by atoms with Crippen LogP contribution in [0.25, 0.3) is 11.1 Å². The average molecular weight is 519 g/mol. The van der Waals surface area contributed by atoms with E-state index in [-0.39, 0.29) is 5.78 Å². The molecule has 0 saturated carbocycles. The van der Waals surface area contributed by atoms with Crippen molar-refractivity contribution in [1.82, 2.24) is 0 Å². The van der Waals surface area contributed by atoms with E-state index in [1.54, 1.807) is 0 Å². The standard InChI is InChI=1S/C19H16Br2Cl2N2O/c20-17-3-1-11(9-24)5-13(17)15(7-22)19(26)16(8-23)14-6-12(10-25)2-4-18(14)21/h1-8H,9-10,24-25H2. The van der Waals surface area contributed by atoms with Gasteiger partial charge in [0.15, 0.2) is 5.78 Å². The molecule has 2 aromatic carbocycles. The quantitative estimate of drug-likeness (QED) is 0.492. The van der Waals surface area contributed by atoms with Gasteiger partial charge in [-0.2, -0.15) is 0 Å². The number of nitrogens with two attached hydrogens (primary N) is 2. The van der Waals surface area contributed by atoms with Crippen molar-refractivity contribution in [2.45, 2.75) is 13.1 Å². The first kappa shape index (κ1) is 21.4. The molecule has 0 atom stereocenters. The Labute approximate surface area is 179 Å². The highest BCUT2D eigenvalue weighted by molar-refractivity contribution is 9.10. The number of hydrogen-bond donors (Lipinski definition) is 2. The van der Waals surface area contributed by atoms with Crippen molar-refractivity contribution in [2.24, 2.45) is 11.5 Å². The largest absolute Gasteiger partial charge is 0.326 e. The van der Waals surface area contributed by atoms with Crippen LogP contribution in [0.1, 0.15) is 22.3 Å². The zero-order chi connectivity index (χ0) is 19.3. The third-order valence-electron chi connectivity index (χ3n) is 3.82. The lowest BCUT2D eigenvalue weighted by atomic mass is 9.93. The Kier molecular flexibility index (Phi) is 8.07. The fourth-order valence-electron chi connectivity index (χ4n) is 2.42. The molecular formula is C19H16Br2Cl2N2O. The maximum Gasteiger partial charge on any atom is 0.196 e. The molecule has 0 amide bonds. The van der Waals surface area contributed by atoms with Gasteiger partial charge in [0.25, 0.3) is 0 Å². The number of allylic oxidation sites excluding steroid dienone is 2. The second-order valence-electron chi connectivity index (χ2n) is 5.41. The highest BCUT2D eigenvalue weighted by Gasteiger charge is 2.22. The van der Waals surface area contributed by atoms with E-state index in [9.17, 15) is 4.79 Å². The molecule has 0 spiro atoms. The minimum Gasteiger partial charge on any atom is -0.326 e. The number of carbonyl (C=O) groups excluding carboxylic acids is 1. The first-order valence-corrected chi connectivity index (χ1v) is 10.1. The van der Waals surface area contributed by atoms with E-state index < -0.39 is 0 Å². The van der Waals surface area contributed by atoms with Gasteiger partial charge in [0.05, 0.1) is 0 Å². The van der Waals surface area contributed by atoms with Crippen LogP contribution >= 0.6 is 55.1 Å². The summed E-state index contributed by atoms with van der Waals surface area (Å²) in [5.74, 6) is -0.306. The van der Waals surface area contributed by atoms with Crippen molar-refractivity contribution in [3.63, 3.8) is 0 Å². The fraction of sp³-hybridized carbons (Fsp3) is 0.105. The first-order valence-electron chi connectivity index (χ1n) is 7.60. The van der Waals surface area contributed by atoms with Crippen LogP contribution in [-0.2, 0) is 17.9 Å². The predicted molar refractivity (Wildman–Crippen MR) is 117 cm³/mol. The Bertz CT molecular complexity index is 824. The van der Waals surface area contributed by atoms with Crippen LogP contribution in [0.5, 0.6) is 0 Å². The summed E-state index contributed by atoms with van der Waals surface area (Å²) >= 11 is 19.0. The maximum atomic E-state index is 13.2. The summed E-state index contributed by atoms with van der Waals surface area (Å²) in [5.41, 5.74) is 17.6. The van der Waals surface area contributed by atoms with Crippen molar-refractivity contribution in [3.05, 3.63) is 78.7 Å². The van der Waals surface area contributed by atoms with E-state index in [1.165, 1.54) is 11.1 Å². The molecule has 0 radical (unpaired) electrons. The number of carbonyl (C=O) groups is 1. The molecule has 2 aromatic rings. The normalized spacial score (nSPS) is 12.4. The van der Waals surface area contributed by atoms with Gasteiger partial charge in [-0.15, -0.1) is 0 Å². The molecule has 0 aliphatic carbocycles. The Morgan fingerprint density at radius 3 is 1.54 bits per heavy atom. The molecule has 4 N–H and O–H groups in total. The Balaban J connectivity index is 2.54. The monoisotopic (exact) mass is 516 g/mol. The smallest absolute Gasteiger partial charge is 0.196 e. The number of rotatable bonds is 6. The molecule has 0 aliphatic heterocycles. The molecule has 0 saturated heterocycles. The van der Waals surface area contributed by atoms with Crippen LogP contribution in [0.3, 0.4) is 0 Å². The fourth-order valence-corrected chi connectivity index (χ4v) is 3.77. The molecule has 0 bridgehead atoms. The summed E-state index contributed by atoms with van der Waals surface area (Å²) in [5, 5.41) is 0. The van der Waals surface area contributed by atoms with Crippen molar-refractivity contribution < 1.29 is 4.79 Å². The Hall–Kier alpha value is -0.950. The molecule has 26 heavy (non-hydrogen) atoms. The minimum absolute atomic E-state index is 0.306. The van der Waals surface area contributed by atoms with Gasteiger partial charge < -0.3 is 11.5 Å². The molecule has 0 heterocycles. The number of hydrogen-bond acceptors (Lipinski definition) is 3. The van der Waals surface area contributed by atoms with E-state index in [0.29, 0.717) is 35.4 Å². The van der Waals surface area contributed by atoms with Crippen LogP contribution in [0.15, 0.2) is 56.4 Å². The van der Waals surface area contributed by atoms with Gasteiger partial charge in [-0.3, -0.25) is 4.79 Å². The summed E-state index contributed by atoms with van der Waals surface area (Å²) in [7, 11) is 0. The molecule has 3 nitrogen and oxygen atoms in total. The average Bonchev–Trinajstić information content (AvgIpc) is 2.65. The molecule has 7 heteroatoms. The maximum absolute atomic E-state index is 13.2. The molecule has 0 aromatic heterocycles. The first-order chi connectivity index (χ1) is 12.5. The van der Waals surface area contributed by atoms with E-state index >= 15 is 0 Å². The molecule has 0 aliphatic rings. The second kappa shape index (κ2) is 9.83. The lowest BCUT2D eigenvalue weighted by Gasteiger charge is -2.14. The van der Waals surface area contributed by atoms with Crippen molar-refractivity contribution in [1.29, 1.82) is 0 Å². The van der Waals surface area contributed by atoms with Crippen LogP contribution in [0, 0.1) is 0 Å². The summed E-state index contributed by atoms with van der Waals surface area (Å²) in [6, 6.07) is 11.1. The Morgan fingerprint density at radius 2 is 1.23 bits per heavy atom. The van der Waals surface area contributed by atoms with Gasteiger partial charge in [-0.1, -0.05) is 67.2 Å². The number of benzene rings is 2. The van der Waals surface area contributed by atoms with Crippen LogP contribution in [-0.4, -0.2) is 5.78 Å². The molecule has 2 rings (SSSR count). The summed E-state index contributed by atoms with van der Waals surface area (Å²) in [6.45, 7) is 0.707. The van der Waals surface area contributed by atoms with Gasteiger partial charge in [-0.25, -0.2) is 0 Å². The van der Waals surface area contributed by atoms with Crippen LogP contribution in [0.4, 0.5) is 0 Å². The predicted octanol–water partition coefficient (Wildman–Crippen LogP) is 5.56. The summed E-state index contributed by atoms with van der Waals surface area (Å²) < 4.78 is 1.47. The van der Waals surface area contributed by atoms with Crippen molar-refractivity contribution >= 4 is 72.0 Å². The third kappa shape index (κ3) is 4.66. The molecule has 136 valence electrons. The van der Waals surface area contributed by atoms with Gasteiger partial charge in [0.1, 0.15) is 0 Å². The van der Waals surface area contributed by atoms with Gasteiger partial charge in [-0.05, 0) is 35.4 Å². The highest BCUT2D eigenvalue weighted by atomic mass is 79.9. The van der Waals surface area contributed by atoms with Crippen molar-refractivity contribution in [3.8, 4) is 0 Å². The summed E-state index contributed by atoms with van der Waals surface area (Å²) in [6.07, 6.45) is 0. The number of Topliss-reactive ketones (excluding diaryl/α,β-unsaturated/α-hetero) is 1. The van der Waals surface area contributed by atoms with Crippen LogP contribution in [0.2, 0.25) is 0 Å². The SMILES string of the molecule is NCc1ccc(Br)c(C(=CCl)C(=O)C(=CCl)c2cc(CN)ccc2Br)c1. The van der Waals surface area contributed by atoms with E-state index in [0.717, 1.165) is 20.1 Å². The van der Waals surface area contributed by atoms with E-state index in [4.69, 9.17) is 34.7 Å². The topological polar surface area (TPSA) is 69.1 Å². The van der Waals surface area contributed by atoms with E-state index in [2.05, 4.69) is 31.9 Å². The summed E-state index contributed by atoms with van der Waals surface area (Å²) in [4.78, 5) is 13.2. The van der Waals surface area contributed by atoms with Crippen molar-refractivity contribution in [2.75, 3.05) is 0 Å². The lowest BCUT2D eigenvalue weighted by molar-refractivity contribution is -0.108. The molecule has 0 unspecified atom stereocenters. The zero-order valence-electron chi connectivity index (χ0n) is 13.6. The Morgan fingerprint density at radius 1 is 0.846 bits per heavy atom. The van der Waals surface area contributed by atoms with Gasteiger partial charge in [0.2, 0.25) is 0 Å².